The fraction of sp³-hybridized carbons (Fsp3) is 0.316. The molecule has 0 aromatic carbocycles. The molecule has 4 rings (SSSR count). The molecule has 0 atom stereocenters. The number of hydrogen-bond donors (Lipinski definition) is 0. The number of piperidine rings is 1. The minimum atomic E-state index is 0.0262. The number of hydrogen-bond acceptors (Lipinski definition) is 5. The molecule has 26 heavy (non-hydrogen) atoms. The molecule has 1 aliphatic rings. The quantitative estimate of drug-likeness (QED) is 0.726. The minimum Gasteiger partial charge on any atom is -0.339 e. The molecule has 0 aliphatic carbocycles. The smallest absolute Gasteiger partial charge is 0.255 e. The van der Waals surface area contributed by atoms with E-state index in [2.05, 4.69) is 20.1 Å². The Bertz CT molecular complexity index is 883. The number of carbonyl (C=O) groups excluding carboxylic acids is 1. The Balaban J connectivity index is 1.40. The first-order valence-corrected chi connectivity index (χ1v) is 8.74. The molecule has 1 saturated heterocycles. The summed E-state index contributed by atoms with van der Waals surface area (Å²) < 4.78 is 1.67. The van der Waals surface area contributed by atoms with Crippen molar-refractivity contribution in [2.45, 2.75) is 25.7 Å². The van der Waals surface area contributed by atoms with Crippen LogP contribution in [0.1, 0.15) is 40.5 Å². The third kappa shape index (κ3) is 3.33. The number of pyridine rings is 1. The highest BCUT2D eigenvalue weighted by atomic mass is 16.2. The van der Waals surface area contributed by atoms with Gasteiger partial charge in [0, 0.05) is 50.0 Å². The number of rotatable bonds is 3. The Kier molecular flexibility index (Phi) is 4.43. The Hall–Kier alpha value is -3.09. The van der Waals surface area contributed by atoms with Crippen molar-refractivity contribution in [3.8, 4) is 5.82 Å². The van der Waals surface area contributed by atoms with Crippen LogP contribution in [-0.4, -0.2) is 48.6 Å². The Morgan fingerprint density at radius 2 is 2.00 bits per heavy atom. The predicted molar refractivity (Wildman–Crippen MR) is 96.0 cm³/mol. The van der Waals surface area contributed by atoms with Crippen molar-refractivity contribution < 1.29 is 4.79 Å². The molecule has 0 bridgehead atoms. The van der Waals surface area contributed by atoms with Gasteiger partial charge in [0.1, 0.15) is 0 Å². The van der Waals surface area contributed by atoms with Crippen LogP contribution >= 0.6 is 0 Å². The van der Waals surface area contributed by atoms with Gasteiger partial charge >= 0.3 is 0 Å². The minimum absolute atomic E-state index is 0.0262. The van der Waals surface area contributed by atoms with Crippen LogP contribution in [0.25, 0.3) is 5.82 Å². The summed E-state index contributed by atoms with van der Waals surface area (Å²) in [6, 6.07) is 5.46. The summed E-state index contributed by atoms with van der Waals surface area (Å²) in [4.78, 5) is 27.8. The molecule has 132 valence electrons. The zero-order valence-corrected chi connectivity index (χ0v) is 14.6. The van der Waals surface area contributed by atoms with E-state index in [1.165, 1.54) is 0 Å². The maximum absolute atomic E-state index is 12.7. The third-order valence-corrected chi connectivity index (χ3v) is 4.71. The van der Waals surface area contributed by atoms with Crippen LogP contribution in [0.2, 0.25) is 0 Å². The lowest BCUT2D eigenvalue weighted by atomic mass is 9.93. The number of likely N-dealkylation sites (tertiary alicyclic amines) is 1. The highest BCUT2D eigenvalue weighted by Gasteiger charge is 2.25. The summed E-state index contributed by atoms with van der Waals surface area (Å²) >= 11 is 0. The highest BCUT2D eigenvalue weighted by Crippen LogP contribution is 2.27. The maximum atomic E-state index is 12.7. The fourth-order valence-corrected chi connectivity index (χ4v) is 3.29. The first-order chi connectivity index (χ1) is 12.7. The lowest BCUT2D eigenvalue weighted by molar-refractivity contribution is 0.0711. The highest BCUT2D eigenvalue weighted by molar-refractivity contribution is 5.94. The van der Waals surface area contributed by atoms with E-state index in [1.807, 2.05) is 42.4 Å². The number of amides is 1. The largest absolute Gasteiger partial charge is 0.339 e. The Labute approximate surface area is 151 Å². The van der Waals surface area contributed by atoms with E-state index < -0.39 is 0 Å². The van der Waals surface area contributed by atoms with Crippen LogP contribution in [0.15, 0.2) is 49.2 Å². The van der Waals surface area contributed by atoms with Crippen LogP contribution in [0, 0.1) is 6.92 Å². The zero-order valence-electron chi connectivity index (χ0n) is 14.6. The standard InChI is InChI=1S/C19H20N6O/c1-14-11-20-13-17(23-14)15-5-9-24(10-6-15)19(26)16-3-4-18(21-12-16)25-8-2-7-22-25/h2-4,7-8,11-13,15H,5-6,9-10H2,1H3. The number of aryl methyl sites for hydroxylation is 1. The average molecular weight is 348 g/mol. The SMILES string of the molecule is Cc1cncc(C2CCN(C(=O)c3ccc(-n4cccn4)nc3)CC2)n1. The van der Waals surface area contributed by atoms with E-state index in [9.17, 15) is 4.79 Å². The van der Waals surface area contributed by atoms with E-state index in [-0.39, 0.29) is 5.91 Å². The summed E-state index contributed by atoms with van der Waals surface area (Å²) in [5.41, 5.74) is 2.57. The van der Waals surface area contributed by atoms with Crippen LogP contribution in [0.3, 0.4) is 0 Å². The maximum Gasteiger partial charge on any atom is 0.255 e. The normalized spacial score (nSPS) is 15.2. The molecule has 3 aromatic heterocycles. The van der Waals surface area contributed by atoms with E-state index in [4.69, 9.17) is 0 Å². The number of nitrogens with zero attached hydrogens (tertiary/aromatic N) is 6. The van der Waals surface area contributed by atoms with Gasteiger partial charge in [0.05, 0.1) is 17.0 Å². The lowest BCUT2D eigenvalue weighted by Crippen LogP contribution is -2.38. The molecule has 0 unspecified atom stereocenters. The summed E-state index contributed by atoms with van der Waals surface area (Å²) in [6.07, 6.45) is 10.6. The predicted octanol–water partition coefficient (Wildman–Crippen LogP) is 2.39. The van der Waals surface area contributed by atoms with Gasteiger partial charge in [-0.05, 0) is 38.0 Å². The van der Waals surface area contributed by atoms with Crippen molar-refractivity contribution in [1.82, 2.24) is 29.6 Å². The topological polar surface area (TPSA) is 76.8 Å². The van der Waals surface area contributed by atoms with Gasteiger partial charge in [-0.15, -0.1) is 0 Å². The second kappa shape index (κ2) is 7.03. The van der Waals surface area contributed by atoms with Gasteiger partial charge in [-0.2, -0.15) is 5.10 Å². The van der Waals surface area contributed by atoms with E-state index in [0.29, 0.717) is 17.3 Å². The number of aromatic nitrogens is 5. The molecule has 0 saturated carbocycles. The lowest BCUT2D eigenvalue weighted by Gasteiger charge is -2.31. The monoisotopic (exact) mass is 348 g/mol. The molecule has 4 heterocycles. The zero-order chi connectivity index (χ0) is 17.9. The van der Waals surface area contributed by atoms with Crippen molar-refractivity contribution in [1.29, 1.82) is 0 Å². The first kappa shape index (κ1) is 16.4. The van der Waals surface area contributed by atoms with Crippen molar-refractivity contribution in [3.05, 3.63) is 66.1 Å². The van der Waals surface area contributed by atoms with Crippen molar-refractivity contribution >= 4 is 5.91 Å². The summed E-state index contributed by atoms with van der Waals surface area (Å²) in [5.74, 6) is 1.09. The van der Waals surface area contributed by atoms with Crippen molar-refractivity contribution in [3.63, 3.8) is 0 Å². The van der Waals surface area contributed by atoms with E-state index in [0.717, 1.165) is 37.3 Å². The molecular weight excluding hydrogens is 328 g/mol. The third-order valence-electron chi connectivity index (χ3n) is 4.71. The molecule has 0 spiro atoms. The second-order valence-electron chi connectivity index (χ2n) is 6.51. The molecule has 1 fully saturated rings. The molecule has 1 aliphatic heterocycles. The van der Waals surface area contributed by atoms with Crippen LogP contribution in [0.4, 0.5) is 0 Å². The molecule has 3 aromatic rings. The van der Waals surface area contributed by atoms with E-state index in [1.54, 1.807) is 23.3 Å². The second-order valence-corrected chi connectivity index (χ2v) is 6.51. The molecule has 1 amide bonds. The van der Waals surface area contributed by atoms with Gasteiger partial charge < -0.3 is 4.90 Å². The van der Waals surface area contributed by atoms with Gasteiger partial charge in [0.2, 0.25) is 0 Å². The first-order valence-electron chi connectivity index (χ1n) is 8.74. The van der Waals surface area contributed by atoms with Gasteiger partial charge in [0.15, 0.2) is 5.82 Å². The van der Waals surface area contributed by atoms with Gasteiger partial charge in [-0.1, -0.05) is 0 Å². The van der Waals surface area contributed by atoms with Gasteiger partial charge in [-0.25, -0.2) is 9.67 Å². The summed E-state index contributed by atoms with van der Waals surface area (Å²) in [7, 11) is 0. The molecule has 7 nitrogen and oxygen atoms in total. The summed E-state index contributed by atoms with van der Waals surface area (Å²) in [5, 5.41) is 4.14. The molecule has 0 N–H and O–H groups in total. The van der Waals surface area contributed by atoms with Crippen molar-refractivity contribution in [2.24, 2.45) is 0 Å². The fourth-order valence-electron chi connectivity index (χ4n) is 3.29. The molecule has 0 radical (unpaired) electrons. The summed E-state index contributed by atoms with van der Waals surface area (Å²) in [6.45, 7) is 3.40. The van der Waals surface area contributed by atoms with Gasteiger partial charge in [0.25, 0.3) is 5.91 Å². The Morgan fingerprint density at radius 3 is 2.65 bits per heavy atom. The molecular formula is C19H20N6O. The van der Waals surface area contributed by atoms with Crippen LogP contribution in [0.5, 0.6) is 0 Å². The van der Waals surface area contributed by atoms with Crippen molar-refractivity contribution in [2.75, 3.05) is 13.1 Å². The van der Waals surface area contributed by atoms with Gasteiger partial charge in [-0.3, -0.25) is 14.8 Å². The Morgan fingerprint density at radius 1 is 1.15 bits per heavy atom. The van der Waals surface area contributed by atoms with Crippen LogP contribution < -0.4 is 0 Å². The van der Waals surface area contributed by atoms with Crippen LogP contribution in [-0.2, 0) is 0 Å². The average Bonchev–Trinajstić information content (AvgIpc) is 3.23. The van der Waals surface area contributed by atoms with E-state index >= 15 is 0 Å². The number of carbonyl (C=O) groups is 1. The molecule has 7 heteroatoms.